The van der Waals surface area contributed by atoms with Crippen molar-refractivity contribution in [1.82, 2.24) is 6.15 Å². The third-order valence-corrected chi connectivity index (χ3v) is 1.97. The van der Waals surface area contributed by atoms with Crippen LogP contribution in [0.1, 0.15) is 5.56 Å². The minimum absolute atomic E-state index is 0. The number of hydrogen-bond donors (Lipinski definition) is 1. The Morgan fingerprint density at radius 3 is 2.13 bits per heavy atom. The standard InChI is InChI=1S/C13H12O.H3N/c1-11-6-5-9-13(10-11)14-12-7-3-2-4-8-12;/h2-10H,1H3;1H3. The van der Waals surface area contributed by atoms with Crippen LogP contribution in [-0.4, -0.2) is 0 Å². The monoisotopic (exact) mass is 201 g/mol. The summed E-state index contributed by atoms with van der Waals surface area (Å²) in [7, 11) is 0. The molecular weight excluding hydrogens is 186 g/mol. The molecule has 0 fully saturated rings. The zero-order valence-electron chi connectivity index (χ0n) is 8.81. The molecule has 2 aromatic rings. The fourth-order valence-corrected chi connectivity index (χ4v) is 1.30. The lowest BCUT2D eigenvalue weighted by Gasteiger charge is -2.05. The van der Waals surface area contributed by atoms with Crippen molar-refractivity contribution in [3.8, 4) is 11.5 Å². The van der Waals surface area contributed by atoms with Crippen molar-refractivity contribution >= 4 is 0 Å². The maximum Gasteiger partial charge on any atom is 0.127 e. The Balaban J connectivity index is 0.00000112. The summed E-state index contributed by atoms with van der Waals surface area (Å²) in [6, 6.07) is 17.8. The van der Waals surface area contributed by atoms with Crippen LogP contribution in [0.4, 0.5) is 0 Å². The number of para-hydroxylation sites is 1. The topological polar surface area (TPSA) is 44.2 Å². The van der Waals surface area contributed by atoms with Gasteiger partial charge in [-0.1, -0.05) is 30.3 Å². The van der Waals surface area contributed by atoms with Gasteiger partial charge in [0.2, 0.25) is 0 Å². The summed E-state index contributed by atoms with van der Waals surface area (Å²) in [5.41, 5.74) is 1.21. The van der Waals surface area contributed by atoms with E-state index in [0.29, 0.717) is 0 Å². The van der Waals surface area contributed by atoms with E-state index < -0.39 is 0 Å². The Morgan fingerprint density at radius 2 is 1.47 bits per heavy atom. The van der Waals surface area contributed by atoms with Crippen molar-refractivity contribution in [2.75, 3.05) is 0 Å². The van der Waals surface area contributed by atoms with Crippen LogP contribution in [0.3, 0.4) is 0 Å². The summed E-state index contributed by atoms with van der Waals surface area (Å²) in [6.45, 7) is 2.05. The Labute approximate surface area is 90.1 Å². The predicted octanol–water partition coefficient (Wildman–Crippen LogP) is 3.95. The zero-order valence-corrected chi connectivity index (χ0v) is 8.81. The number of ether oxygens (including phenoxy) is 1. The lowest BCUT2D eigenvalue weighted by Crippen LogP contribution is -1.83. The van der Waals surface area contributed by atoms with Crippen LogP contribution in [0.15, 0.2) is 54.6 Å². The van der Waals surface area contributed by atoms with Gasteiger partial charge >= 0.3 is 0 Å². The van der Waals surface area contributed by atoms with E-state index in [0.717, 1.165) is 11.5 Å². The third kappa shape index (κ3) is 3.11. The molecule has 2 heteroatoms. The molecule has 0 aliphatic rings. The van der Waals surface area contributed by atoms with Crippen LogP contribution < -0.4 is 10.9 Å². The molecule has 15 heavy (non-hydrogen) atoms. The molecule has 0 bridgehead atoms. The average Bonchev–Trinajstić information content (AvgIpc) is 2.19. The van der Waals surface area contributed by atoms with E-state index >= 15 is 0 Å². The minimum atomic E-state index is 0. The number of benzene rings is 2. The van der Waals surface area contributed by atoms with E-state index in [1.165, 1.54) is 5.56 Å². The fraction of sp³-hybridized carbons (Fsp3) is 0.0769. The van der Waals surface area contributed by atoms with E-state index in [1.54, 1.807) is 0 Å². The van der Waals surface area contributed by atoms with Crippen molar-refractivity contribution < 1.29 is 4.74 Å². The maximum atomic E-state index is 5.66. The van der Waals surface area contributed by atoms with Gasteiger partial charge in [0.25, 0.3) is 0 Å². The zero-order chi connectivity index (χ0) is 9.80. The maximum absolute atomic E-state index is 5.66. The molecule has 0 amide bonds. The molecule has 3 N–H and O–H groups in total. The van der Waals surface area contributed by atoms with E-state index in [2.05, 4.69) is 13.0 Å². The Bertz CT molecular complexity index is 412. The fourth-order valence-electron chi connectivity index (χ4n) is 1.30. The van der Waals surface area contributed by atoms with E-state index in [9.17, 15) is 0 Å². The van der Waals surface area contributed by atoms with E-state index in [4.69, 9.17) is 4.74 Å². The first-order valence-corrected chi connectivity index (χ1v) is 4.64. The third-order valence-electron chi connectivity index (χ3n) is 1.97. The molecule has 0 spiro atoms. The molecule has 0 saturated carbocycles. The van der Waals surface area contributed by atoms with Crippen molar-refractivity contribution in [3.63, 3.8) is 0 Å². The van der Waals surface area contributed by atoms with Gasteiger partial charge in [-0.3, -0.25) is 0 Å². The molecule has 2 rings (SSSR count). The van der Waals surface area contributed by atoms with Crippen LogP contribution >= 0.6 is 0 Å². The highest BCUT2D eigenvalue weighted by atomic mass is 16.5. The van der Waals surface area contributed by atoms with Gasteiger partial charge in [-0.15, -0.1) is 0 Å². The van der Waals surface area contributed by atoms with Gasteiger partial charge in [0, 0.05) is 0 Å². The van der Waals surface area contributed by atoms with Crippen molar-refractivity contribution in [1.29, 1.82) is 0 Å². The summed E-state index contributed by atoms with van der Waals surface area (Å²) in [5, 5.41) is 0. The van der Waals surface area contributed by atoms with Crippen LogP contribution in [0, 0.1) is 6.92 Å². The molecule has 0 unspecified atom stereocenters. The first-order valence-electron chi connectivity index (χ1n) is 4.64. The summed E-state index contributed by atoms with van der Waals surface area (Å²) in [5.74, 6) is 1.76. The van der Waals surface area contributed by atoms with Crippen LogP contribution in [-0.2, 0) is 0 Å². The quantitative estimate of drug-likeness (QED) is 0.799. The first kappa shape index (κ1) is 11.3. The van der Waals surface area contributed by atoms with E-state index in [-0.39, 0.29) is 6.15 Å². The van der Waals surface area contributed by atoms with Gasteiger partial charge in [-0.2, -0.15) is 0 Å². The molecule has 0 aromatic heterocycles. The van der Waals surface area contributed by atoms with Crippen molar-refractivity contribution in [2.24, 2.45) is 0 Å². The lowest BCUT2D eigenvalue weighted by molar-refractivity contribution is 0.482. The molecule has 2 aromatic carbocycles. The molecule has 2 nitrogen and oxygen atoms in total. The summed E-state index contributed by atoms with van der Waals surface area (Å²) in [6.07, 6.45) is 0. The van der Waals surface area contributed by atoms with Gasteiger partial charge in [-0.25, -0.2) is 0 Å². The molecule has 0 atom stereocenters. The van der Waals surface area contributed by atoms with Gasteiger partial charge in [-0.05, 0) is 36.8 Å². The number of rotatable bonds is 2. The second-order valence-electron chi connectivity index (χ2n) is 3.23. The largest absolute Gasteiger partial charge is 0.457 e. The molecule has 0 radical (unpaired) electrons. The summed E-state index contributed by atoms with van der Waals surface area (Å²) < 4.78 is 5.66. The van der Waals surface area contributed by atoms with Gasteiger partial charge in [0.1, 0.15) is 11.5 Å². The number of aryl methyl sites for hydroxylation is 1. The van der Waals surface area contributed by atoms with Crippen molar-refractivity contribution in [2.45, 2.75) is 6.92 Å². The van der Waals surface area contributed by atoms with Crippen LogP contribution in [0.5, 0.6) is 11.5 Å². The summed E-state index contributed by atoms with van der Waals surface area (Å²) in [4.78, 5) is 0. The first-order chi connectivity index (χ1) is 6.84. The highest BCUT2D eigenvalue weighted by molar-refractivity contribution is 5.33. The Hall–Kier alpha value is -1.80. The van der Waals surface area contributed by atoms with Crippen LogP contribution in [0.25, 0.3) is 0 Å². The second kappa shape index (κ2) is 5.17. The normalized spacial score (nSPS) is 9.13. The van der Waals surface area contributed by atoms with Gasteiger partial charge in [0.15, 0.2) is 0 Å². The highest BCUT2D eigenvalue weighted by Crippen LogP contribution is 2.21. The molecule has 0 saturated heterocycles. The predicted molar refractivity (Wildman–Crippen MR) is 62.7 cm³/mol. The minimum Gasteiger partial charge on any atom is -0.457 e. The lowest BCUT2D eigenvalue weighted by atomic mass is 10.2. The Morgan fingerprint density at radius 1 is 0.800 bits per heavy atom. The molecular formula is C13H15NO. The average molecular weight is 201 g/mol. The van der Waals surface area contributed by atoms with Gasteiger partial charge in [0.05, 0.1) is 0 Å². The molecule has 0 aliphatic carbocycles. The molecule has 0 heterocycles. The SMILES string of the molecule is Cc1cccc(Oc2ccccc2)c1.N. The van der Waals surface area contributed by atoms with Crippen molar-refractivity contribution in [3.05, 3.63) is 60.2 Å². The number of hydrogen-bond acceptors (Lipinski definition) is 2. The highest BCUT2D eigenvalue weighted by Gasteiger charge is 1.95. The Kier molecular flexibility index (Phi) is 3.89. The van der Waals surface area contributed by atoms with Crippen LogP contribution in [0.2, 0.25) is 0 Å². The van der Waals surface area contributed by atoms with E-state index in [1.807, 2.05) is 48.5 Å². The molecule has 0 aliphatic heterocycles. The van der Waals surface area contributed by atoms with Gasteiger partial charge < -0.3 is 10.9 Å². The summed E-state index contributed by atoms with van der Waals surface area (Å²) >= 11 is 0. The smallest absolute Gasteiger partial charge is 0.127 e. The second-order valence-corrected chi connectivity index (χ2v) is 3.23. The molecule has 78 valence electrons.